The maximum absolute atomic E-state index is 12.8. The Morgan fingerprint density at radius 3 is 2.13 bits per heavy atom. The molecular formula is C20H31N5O5. The fraction of sp³-hybridized carbons (Fsp3) is 0.500. The molecule has 0 bridgehead atoms. The summed E-state index contributed by atoms with van der Waals surface area (Å²) in [4.78, 5) is 48.2. The number of carbonyl (C=O) groups is 4. The third kappa shape index (κ3) is 9.01. The van der Waals surface area contributed by atoms with Gasteiger partial charge in [-0.05, 0) is 38.3 Å². The van der Waals surface area contributed by atoms with E-state index < -0.39 is 41.8 Å². The molecule has 0 aliphatic carbocycles. The summed E-state index contributed by atoms with van der Waals surface area (Å²) in [5, 5.41) is 16.9. The number of carboxylic acid groups (broad SMARTS) is 1. The Bertz CT molecular complexity index is 713. The minimum absolute atomic E-state index is 0.158. The molecule has 3 amide bonds. The maximum Gasteiger partial charge on any atom is 0.326 e. The maximum atomic E-state index is 12.8. The van der Waals surface area contributed by atoms with E-state index in [4.69, 9.17) is 11.5 Å². The van der Waals surface area contributed by atoms with Gasteiger partial charge < -0.3 is 32.5 Å². The predicted octanol–water partition coefficient (Wildman–Crippen LogP) is -1.12. The van der Waals surface area contributed by atoms with Crippen molar-refractivity contribution in [2.45, 2.75) is 50.7 Å². The molecule has 0 aliphatic rings. The summed E-state index contributed by atoms with van der Waals surface area (Å²) < 4.78 is 0. The molecule has 10 nitrogen and oxygen atoms in total. The Balaban J connectivity index is 2.90. The lowest BCUT2D eigenvalue weighted by Gasteiger charge is -2.23. The molecular weight excluding hydrogens is 390 g/mol. The summed E-state index contributed by atoms with van der Waals surface area (Å²) >= 11 is 0. The first-order chi connectivity index (χ1) is 14.3. The quantitative estimate of drug-likeness (QED) is 0.218. The Morgan fingerprint density at radius 1 is 0.933 bits per heavy atom. The highest BCUT2D eigenvalue weighted by Crippen LogP contribution is 2.06. The number of hydrogen-bond acceptors (Lipinski definition) is 6. The van der Waals surface area contributed by atoms with Crippen molar-refractivity contribution in [1.29, 1.82) is 0 Å². The first-order valence-electron chi connectivity index (χ1n) is 9.85. The zero-order valence-electron chi connectivity index (χ0n) is 17.1. The fourth-order valence-electron chi connectivity index (χ4n) is 2.74. The van der Waals surface area contributed by atoms with Gasteiger partial charge in [0.25, 0.3) is 0 Å². The van der Waals surface area contributed by atoms with Gasteiger partial charge in [-0.15, -0.1) is 0 Å². The molecule has 1 aromatic carbocycles. The van der Waals surface area contributed by atoms with Crippen LogP contribution in [0.3, 0.4) is 0 Å². The van der Waals surface area contributed by atoms with Crippen molar-refractivity contribution in [2.75, 3.05) is 13.1 Å². The molecule has 0 saturated heterocycles. The number of carbonyl (C=O) groups excluding carboxylic acids is 3. The minimum Gasteiger partial charge on any atom is -0.480 e. The van der Waals surface area contributed by atoms with E-state index >= 15 is 0 Å². The van der Waals surface area contributed by atoms with Crippen LogP contribution in [0.5, 0.6) is 0 Å². The number of rotatable bonds is 13. The van der Waals surface area contributed by atoms with Crippen molar-refractivity contribution >= 4 is 23.7 Å². The van der Waals surface area contributed by atoms with Crippen molar-refractivity contribution < 1.29 is 24.3 Å². The Kier molecular flexibility index (Phi) is 11.1. The first-order valence-corrected chi connectivity index (χ1v) is 9.85. The normalized spacial score (nSPS) is 13.6. The fourth-order valence-corrected chi connectivity index (χ4v) is 2.74. The van der Waals surface area contributed by atoms with Gasteiger partial charge in [0, 0.05) is 6.42 Å². The number of nitrogens with one attached hydrogen (secondary N) is 3. The Morgan fingerprint density at radius 2 is 1.57 bits per heavy atom. The molecule has 10 heteroatoms. The van der Waals surface area contributed by atoms with Crippen LogP contribution in [0.1, 0.15) is 31.7 Å². The second-order valence-corrected chi connectivity index (χ2v) is 6.93. The number of nitrogens with two attached hydrogens (primary N) is 2. The molecule has 0 saturated carbocycles. The molecule has 1 rings (SSSR count). The molecule has 0 radical (unpaired) electrons. The van der Waals surface area contributed by atoms with Crippen molar-refractivity contribution in [2.24, 2.45) is 11.5 Å². The van der Waals surface area contributed by atoms with Gasteiger partial charge in [-0.3, -0.25) is 14.4 Å². The van der Waals surface area contributed by atoms with Gasteiger partial charge in [-0.25, -0.2) is 4.79 Å². The van der Waals surface area contributed by atoms with Crippen LogP contribution in [-0.4, -0.2) is 60.0 Å². The van der Waals surface area contributed by atoms with Gasteiger partial charge in [0.1, 0.15) is 18.1 Å². The number of benzene rings is 1. The number of amides is 3. The zero-order chi connectivity index (χ0) is 22.5. The molecule has 3 atom stereocenters. The van der Waals surface area contributed by atoms with Crippen LogP contribution < -0.4 is 27.4 Å². The van der Waals surface area contributed by atoms with E-state index in [1.54, 1.807) is 24.3 Å². The number of hydrogen-bond donors (Lipinski definition) is 6. The summed E-state index contributed by atoms with van der Waals surface area (Å²) in [5.74, 6) is -2.87. The number of carboxylic acids is 1. The number of aliphatic carboxylic acids is 1. The van der Waals surface area contributed by atoms with E-state index in [-0.39, 0.29) is 19.4 Å². The molecule has 8 N–H and O–H groups in total. The van der Waals surface area contributed by atoms with Crippen molar-refractivity contribution in [3.63, 3.8) is 0 Å². The second kappa shape index (κ2) is 13.3. The molecule has 0 heterocycles. The summed E-state index contributed by atoms with van der Waals surface area (Å²) in [5.41, 5.74) is 11.5. The predicted molar refractivity (Wildman–Crippen MR) is 111 cm³/mol. The standard InChI is InChI=1S/C20H31N5O5/c1-13(23-17(26)12-22)18(27)25-16(11-14-7-3-2-4-8-14)19(28)24-15(20(29)30)9-5-6-10-21/h2-4,7-8,13,15-16H,5-6,9-12,21-22H2,1H3,(H,23,26)(H,24,28)(H,25,27)(H,29,30). The van der Waals surface area contributed by atoms with Crippen LogP contribution in [0.15, 0.2) is 30.3 Å². The van der Waals surface area contributed by atoms with Gasteiger partial charge in [0.2, 0.25) is 17.7 Å². The largest absolute Gasteiger partial charge is 0.480 e. The lowest BCUT2D eigenvalue weighted by molar-refractivity contribution is -0.142. The second-order valence-electron chi connectivity index (χ2n) is 6.93. The van der Waals surface area contributed by atoms with E-state index in [1.165, 1.54) is 6.92 Å². The van der Waals surface area contributed by atoms with Gasteiger partial charge in [0.05, 0.1) is 6.54 Å². The molecule has 30 heavy (non-hydrogen) atoms. The van der Waals surface area contributed by atoms with Crippen LogP contribution >= 0.6 is 0 Å². The average Bonchev–Trinajstić information content (AvgIpc) is 2.72. The highest BCUT2D eigenvalue weighted by Gasteiger charge is 2.28. The van der Waals surface area contributed by atoms with Crippen molar-refractivity contribution in [3.8, 4) is 0 Å². The Hall–Kier alpha value is -2.98. The van der Waals surface area contributed by atoms with E-state index in [0.717, 1.165) is 5.56 Å². The summed E-state index contributed by atoms with van der Waals surface area (Å²) in [6.07, 6.45) is 1.58. The van der Waals surface area contributed by atoms with Crippen LogP contribution in [-0.2, 0) is 25.6 Å². The lowest BCUT2D eigenvalue weighted by atomic mass is 10.0. The molecule has 166 valence electrons. The van der Waals surface area contributed by atoms with Gasteiger partial charge in [-0.2, -0.15) is 0 Å². The van der Waals surface area contributed by atoms with Gasteiger partial charge in [-0.1, -0.05) is 30.3 Å². The Labute approximate surface area is 175 Å². The summed E-state index contributed by atoms with van der Waals surface area (Å²) in [6.45, 7) is 1.63. The monoisotopic (exact) mass is 421 g/mol. The molecule has 3 unspecified atom stereocenters. The van der Waals surface area contributed by atoms with Crippen molar-refractivity contribution in [1.82, 2.24) is 16.0 Å². The van der Waals surface area contributed by atoms with Crippen LogP contribution in [0.2, 0.25) is 0 Å². The first kappa shape index (κ1) is 25.1. The SMILES string of the molecule is CC(NC(=O)CN)C(=O)NC(Cc1ccccc1)C(=O)NC(CCCCN)C(=O)O. The van der Waals surface area contributed by atoms with Crippen molar-refractivity contribution in [3.05, 3.63) is 35.9 Å². The van der Waals surface area contributed by atoms with Crippen LogP contribution in [0, 0.1) is 0 Å². The summed E-state index contributed by atoms with van der Waals surface area (Å²) in [7, 11) is 0. The third-order valence-corrected chi connectivity index (χ3v) is 4.43. The minimum atomic E-state index is -1.16. The highest BCUT2D eigenvalue weighted by molar-refractivity contribution is 5.93. The van der Waals surface area contributed by atoms with Gasteiger partial charge in [0.15, 0.2) is 0 Å². The molecule has 0 fully saturated rings. The van der Waals surface area contributed by atoms with E-state index in [1.807, 2.05) is 6.07 Å². The molecule has 1 aromatic rings. The average molecular weight is 421 g/mol. The van der Waals surface area contributed by atoms with Crippen LogP contribution in [0.25, 0.3) is 0 Å². The van der Waals surface area contributed by atoms with E-state index in [9.17, 15) is 24.3 Å². The topological polar surface area (TPSA) is 177 Å². The van der Waals surface area contributed by atoms with Crippen LogP contribution in [0.4, 0.5) is 0 Å². The molecule has 0 spiro atoms. The highest BCUT2D eigenvalue weighted by atomic mass is 16.4. The smallest absolute Gasteiger partial charge is 0.326 e. The van der Waals surface area contributed by atoms with E-state index in [0.29, 0.717) is 19.4 Å². The molecule has 0 aromatic heterocycles. The van der Waals surface area contributed by atoms with E-state index in [2.05, 4.69) is 16.0 Å². The number of unbranched alkanes of at least 4 members (excludes halogenated alkanes) is 1. The van der Waals surface area contributed by atoms with Gasteiger partial charge >= 0.3 is 5.97 Å². The zero-order valence-corrected chi connectivity index (χ0v) is 17.1. The lowest BCUT2D eigenvalue weighted by Crippen LogP contribution is -2.56. The molecule has 0 aliphatic heterocycles. The third-order valence-electron chi connectivity index (χ3n) is 4.43. The summed E-state index contributed by atoms with van der Waals surface area (Å²) in [6, 6.07) is 5.98.